The molecule has 1 saturated heterocycles. The van der Waals surface area contributed by atoms with Gasteiger partial charge in [-0.2, -0.15) is 0 Å². The van der Waals surface area contributed by atoms with Gasteiger partial charge in [-0.1, -0.05) is 6.58 Å². The number of likely N-dealkylation sites (tertiary alicyclic amines) is 1. The molecular weight excluding hydrogens is 264 g/mol. The predicted octanol–water partition coefficient (Wildman–Crippen LogP) is 3.45. The van der Waals surface area contributed by atoms with Gasteiger partial charge in [0.1, 0.15) is 0 Å². The van der Waals surface area contributed by atoms with Gasteiger partial charge in [-0.25, -0.2) is 0 Å². The third-order valence-corrected chi connectivity index (χ3v) is 5.28. The molecule has 116 valence electrons. The second-order valence-corrected chi connectivity index (χ2v) is 6.49. The maximum atomic E-state index is 10.8. The van der Waals surface area contributed by atoms with Crippen LogP contribution < -0.4 is 0 Å². The Balaban J connectivity index is 1.87. The summed E-state index contributed by atoms with van der Waals surface area (Å²) in [7, 11) is 0. The number of rotatable bonds is 5. The van der Waals surface area contributed by atoms with Crippen LogP contribution in [-0.2, 0) is 4.79 Å². The number of hydrogen-bond acceptors (Lipinski definition) is 3. The first kappa shape index (κ1) is 15.8. The van der Waals surface area contributed by atoms with Crippen LogP contribution in [0.15, 0.2) is 24.4 Å². The Hall–Kier alpha value is -1.58. The highest BCUT2D eigenvalue weighted by Crippen LogP contribution is 2.47. The molecule has 2 rings (SSSR count). The summed E-state index contributed by atoms with van der Waals surface area (Å²) in [5.41, 5.74) is 1.47. The first-order valence-electron chi connectivity index (χ1n) is 7.88. The summed E-state index contributed by atoms with van der Waals surface area (Å²) in [6.07, 6.45) is 12.1. The van der Waals surface area contributed by atoms with E-state index in [0.717, 1.165) is 31.6 Å². The van der Waals surface area contributed by atoms with Crippen LogP contribution >= 0.6 is 0 Å². The smallest absolute Gasteiger partial charge is 0.303 e. The zero-order valence-electron chi connectivity index (χ0n) is 12.7. The summed E-state index contributed by atoms with van der Waals surface area (Å²) in [5.74, 6) is -0.272. The number of carboxylic acids is 1. The molecule has 1 saturated carbocycles. The van der Waals surface area contributed by atoms with Crippen molar-refractivity contribution in [1.29, 1.82) is 5.41 Å². The summed E-state index contributed by atoms with van der Waals surface area (Å²) < 4.78 is 0. The SMILES string of the molecule is C=C/C(=C\C=N)N1CCC2(CCC(CC(=O)O)CC2)CC1. The minimum absolute atomic E-state index is 0.338. The Morgan fingerprint density at radius 3 is 2.38 bits per heavy atom. The Labute approximate surface area is 127 Å². The van der Waals surface area contributed by atoms with Crippen molar-refractivity contribution in [2.24, 2.45) is 11.3 Å². The van der Waals surface area contributed by atoms with Gasteiger partial charge in [-0.15, -0.1) is 0 Å². The maximum absolute atomic E-state index is 10.8. The molecule has 0 atom stereocenters. The normalized spacial score (nSPS) is 23.0. The Bertz CT molecular complexity index is 424. The minimum atomic E-state index is -0.654. The molecule has 4 heteroatoms. The lowest BCUT2D eigenvalue weighted by Gasteiger charge is -2.46. The average Bonchev–Trinajstić information content (AvgIpc) is 2.48. The van der Waals surface area contributed by atoms with Gasteiger partial charge in [0.05, 0.1) is 0 Å². The van der Waals surface area contributed by atoms with Crippen LogP contribution in [0.4, 0.5) is 0 Å². The summed E-state index contributed by atoms with van der Waals surface area (Å²) in [4.78, 5) is 13.1. The van der Waals surface area contributed by atoms with Crippen molar-refractivity contribution in [3.63, 3.8) is 0 Å². The van der Waals surface area contributed by atoms with Crippen LogP contribution in [0.25, 0.3) is 0 Å². The van der Waals surface area contributed by atoms with Crippen LogP contribution in [0, 0.1) is 16.7 Å². The Kier molecular flexibility index (Phi) is 5.21. The van der Waals surface area contributed by atoms with Gasteiger partial charge in [0.15, 0.2) is 0 Å². The molecule has 1 aliphatic heterocycles. The molecule has 0 radical (unpaired) electrons. The lowest BCUT2D eigenvalue weighted by Crippen LogP contribution is -2.41. The number of carbonyl (C=O) groups is 1. The number of nitrogens with one attached hydrogen (secondary N) is 1. The zero-order chi connectivity index (χ0) is 15.3. The molecule has 2 aliphatic rings. The summed E-state index contributed by atoms with van der Waals surface area (Å²) in [6, 6.07) is 0. The number of piperidine rings is 1. The largest absolute Gasteiger partial charge is 0.481 e. The highest BCUT2D eigenvalue weighted by Gasteiger charge is 2.38. The minimum Gasteiger partial charge on any atom is -0.481 e. The van der Waals surface area contributed by atoms with Crippen molar-refractivity contribution in [3.8, 4) is 0 Å². The molecule has 2 fully saturated rings. The van der Waals surface area contributed by atoms with Crippen molar-refractivity contribution in [1.82, 2.24) is 4.90 Å². The topological polar surface area (TPSA) is 64.4 Å². The highest BCUT2D eigenvalue weighted by molar-refractivity contribution is 5.69. The standard InChI is InChI=1S/C17H26N2O2/c1-2-15(5-10-18)19-11-8-17(9-12-19)6-3-14(4-7-17)13-16(20)21/h2,5,10,14,18H,1,3-4,6-9,11-13H2,(H,20,21)/b15-5+,18-10?. The van der Waals surface area contributed by atoms with E-state index < -0.39 is 5.97 Å². The van der Waals surface area contributed by atoms with Gasteiger partial charge in [-0.3, -0.25) is 4.79 Å². The molecule has 0 unspecified atom stereocenters. The molecule has 1 heterocycles. The van der Waals surface area contributed by atoms with E-state index in [9.17, 15) is 4.79 Å². The Morgan fingerprint density at radius 1 is 1.29 bits per heavy atom. The number of aliphatic carboxylic acids is 1. The number of allylic oxidation sites excluding steroid dienone is 2. The maximum Gasteiger partial charge on any atom is 0.303 e. The highest BCUT2D eigenvalue weighted by atomic mass is 16.4. The lowest BCUT2D eigenvalue weighted by atomic mass is 9.65. The quantitative estimate of drug-likeness (QED) is 0.602. The first-order chi connectivity index (χ1) is 10.1. The monoisotopic (exact) mass is 290 g/mol. The molecule has 0 aromatic heterocycles. The lowest BCUT2D eigenvalue weighted by molar-refractivity contribution is -0.138. The van der Waals surface area contributed by atoms with Crippen molar-refractivity contribution >= 4 is 12.2 Å². The van der Waals surface area contributed by atoms with E-state index in [-0.39, 0.29) is 0 Å². The van der Waals surface area contributed by atoms with Crippen molar-refractivity contribution in [2.45, 2.75) is 44.9 Å². The van der Waals surface area contributed by atoms with Crippen molar-refractivity contribution < 1.29 is 9.90 Å². The third kappa shape index (κ3) is 3.96. The van der Waals surface area contributed by atoms with Crippen molar-refractivity contribution in [3.05, 3.63) is 24.4 Å². The summed E-state index contributed by atoms with van der Waals surface area (Å²) >= 11 is 0. The number of carboxylic acid groups (broad SMARTS) is 1. The molecule has 21 heavy (non-hydrogen) atoms. The van der Waals surface area contributed by atoms with Crippen LogP contribution in [0.1, 0.15) is 44.9 Å². The van der Waals surface area contributed by atoms with E-state index in [0.29, 0.717) is 17.8 Å². The Morgan fingerprint density at radius 2 is 1.90 bits per heavy atom. The molecule has 0 bridgehead atoms. The molecule has 0 aromatic carbocycles. The molecule has 2 N–H and O–H groups in total. The second kappa shape index (κ2) is 6.92. The molecule has 1 spiro atoms. The fourth-order valence-corrected chi connectivity index (χ4v) is 3.87. The third-order valence-electron chi connectivity index (χ3n) is 5.28. The van der Waals surface area contributed by atoms with E-state index in [1.807, 2.05) is 6.08 Å². The van der Waals surface area contributed by atoms with Crippen molar-refractivity contribution in [2.75, 3.05) is 13.1 Å². The molecule has 4 nitrogen and oxygen atoms in total. The first-order valence-corrected chi connectivity index (χ1v) is 7.88. The van der Waals surface area contributed by atoms with Gasteiger partial charge in [0, 0.05) is 31.4 Å². The van der Waals surface area contributed by atoms with Crippen LogP contribution in [0.3, 0.4) is 0 Å². The second-order valence-electron chi connectivity index (χ2n) is 6.49. The molecular formula is C17H26N2O2. The van der Waals surface area contributed by atoms with E-state index in [1.165, 1.54) is 31.9 Å². The molecule has 0 amide bonds. The fourth-order valence-electron chi connectivity index (χ4n) is 3.87. The van der Waals surface area contributed by atoms with Gasteiger partial charge in [0.25, 0.3) is 0 Å². The predicted molar refractivity (Wildman–Crippen MR) is 84.5 cm³/mol. The van der Waals surface area contributed by atoms with E-state index in [2.05, 4.69) is 11.5 Å². The van der Waals surface area contributed by atoms with Gasteiger partial charge in [0.2, 0.25) is 0 Å². The fraction of sp³-hybridized carbons (Fsp3) is 0.647. The van der Waals surface area contributed by atoms with Crippen LogP contribution in [0.5, 0.6) is 0 Å². The van der Waals surface area contributed by atoms with E-state index in [4.69, 9.17) is 10.5 Å². The van der Waals surface area contributed by atoms with Crippen LogP contribution in [-0.4, -0.2) is 35.3 Å². The summed E-state index contributed by atoms with van der Waals surface area (Å²) in [5, 5.41) is 16.1. The van der Waals surface area contributed by atoms with Crippen LogP contribution in [0.2, 0.25) is 0 Å². The van der Waals surface area contributed by atoms with Gasteiger partial charge in [-0.05, 0) is 62.0 Å². The van der Waals surface area contributed by atoms with E-state index in [1.54, 1.807) is 6.08 Å². The van der Waals surface area contributed by atoms with Gasteiger partial charge < -0.3 is 15.4 Å². The van der Waals surface area contributed by atoms with Gasteiger partial charge >= 0.3 is 5.97 Å². The molecule has 0 aromatic rings. The summed E-state index contributed by atoms with van der Waals surface area (Å²) in [6.45, 7) is 5.87. The number of hydrogen-bond donors (Lipinski definition) is 2. The average molecular weight is 290 g/mol. The number of nitrogens with zero attached hydrogens (tertiary/aromatic N) is 1. The molecule has 1 aliphatic carbocycles. The van der Waals surface area contributed by atoms with E-state index >= 15 is 0 Å². The zero-order valence-corrected chi connectivity index (χ0v) is 12.7.